The largest absolute Gasteiger partial charge is 0.495 e. The number of pyridine rings is 1. The standard InChI is InChI=1S/C9H10INO2/c1-12-7-4-8(9(10)11-5-7)13-6-2-3-6/h4-6H,2-3H2,1H3. The van der Waals surface area contributed by atoms with E-state index in [1.165, 1.54) is 0 Å². The summed E-state index contributed by atoms with van der Waals surface area (Å²) in [6.07, 6.45) is 4.42. The molecule has 3 nitrogen and oxygen atoms in total. The Kier molecular flexibility index (Phi) is 2.57. The van der Waals surface area contributed by atoms with Crippen molar-refractivity contribution in [3.63, 3.8) is 0 Å². The van der Waals surface area contributed by atoms with Gasteiger partial charge in [-0.3, -0.25) is 0 Å². The lowest BCUT2D eigenvalue weighted by atomic mass is 10.4. The fraction of sp³-hybridized carbons (Fsp3) is 0.444. The highest BCUT2D eigenvalue weighted by molar-refractivity contribution is 14.1. The van der Waals surface area contributed by atoms with E-state index in [0.717, 1.165) is 28.0 Å². The second-order valence-electron chi connectivity index (χ2n) is 2.98. The molecule has 0 aliphatic heterocycles. The predicted molar refractivity (Wildman–Crippen MR) is 57.2 cm³/mol. The van der Waals surface area contributed by atoms with Gasteiger partial charge in [0, 0.05) is 6.07 Å². The minimum Gasteiger partial charge on any atom is -0.495 e. The summed E-state index contributed by atoms with van der Waals surface area (Å²) in [5, 5.41) is 0. The predicted octanol–water partition coefficient (Wildman–Crippen LogP) is 2.24. The van der Waals surface area contributed by atoms with E-state index in [-0.39, 0.29) is 0 Å². The van der Waals surface area contributed by atoms with E-state index in [0.29, 0.717) is 6.10 Å². The molecule has 1 aromatic heterocycles. The zero-order chi connectivity index (χ0) is 9.26. The monoisotopic (exact) mass is 291 g/mol. The van der Waals surface area contributed by atoms with E-state index in [2.05, 4.69) is 27.6 Å². The first-order valence-electron chi connectivity index (χ1n) is 4.16. The van der Waals surface area contributed by atoms with Crippen molar-refractivity contribution >= 4 is 22.6 Å². The number of hydrogen-bond acceptors (Lipinski definition) is 3. The van der Waals surface area contributed by atoms with Crippen molar-refractivity contribution < 1.29 is 9.47 Å². The fourth-order valence-corrected chi connectivity index (χ4v) is 1.39. The molecule has 0 amide bonds. The van der Waals surface area contributed by atoms with Crippen molar-refractivity contribution in [2.24, 2.45) is 0 Å². The van der Waals surface area contributed by atoms with E-state index in [4.69, 9.17) is 9.47 Å². The summed E-state index contributed by atoms with van der Waals surface area (Å²) >= 11 is 2.16. The van der Waals surface area contributed by atoms with Gasteiger partial charge in [0.05, 0.1) is 19.4 Å². The van der Waals surface area contributed by atoms with Gasteiger partial charge in [0.25, 0.3) is 0 Å². The van der Waals surface area contributed by atoms with Crippen LogP contribution in [0.1, 0.15) is 12.8 Å². The summed E-state index contributed by atoms with van der Waals surface area (Å²) < 4.78 is 11.6. The first-order chi connectivity index (χ1) is 6.29. The highest BCUT2D eigenvalue weighted by Gasteiger charge is 2.24. The van der Waals surface area contributed by atoms with Crippen LogP contribution in [0.3, 0.4) is 0 Å². The molecule has 1 aromatic rings. The minimum absolute atomic E-state index is 0.405. The highest BCUT2D eigenvalue weighted by atomic mass is 127. The molecule has 70 valence electrons. The molecule has 1 saturated carbocycles. The summed E-state index contributed by atoms with van der Waals surface area (Å²) in [7, 11) is 1.63. The maximum Gasteiger partial charge on any atom is 0.155 e. The number of hydrogen-bond donors (Lipinski definition) is 0. The van der Waals surface area contributed by atoms with Crippen molar-refractivity contribution in [2.75, 3.05) is 7.11 Å². The lowest BCUT2D eigenvalue weighted by molar-refractivity contribution is 0.296. The summed E-state index contributed by atoms with van der Waals surface area (Å²) in [4.78, 5) is 4.17. The van der Waals surface area contributed by atoms with Crippen LogP contribution in [0.2, 0.25) is 0 Å². The number of ether oxygens (including phenoxy) is 2. The van der Waals surface area contributed by atoms with Crippen molar-refractivity contribution in [1.29, 1.82) is 0 Å². The van der Waals surface area contributed by atoms with Gasteiger partial charge in [-0.1, -0.05) is 0 Å². The molecule has 0 unspecified atom stereocenters. The SMILES string of the molecule is COc1cnc(I)c(OC2CC2)c1. The van der Waals surface area contributed by atoms with Gasteiger partial charge in [0.1, 0.15) is 9.45 Å². The number of halogens is 1. The van der Waals surface area contributed by atoms with E-state index in [9.17, 15) is 0 Å². The van der Waals surface area contributed by atoms with E-state index in [1.807, 2.05) is 6.07 Å². The van der Waals surface area contributed by atoms with E-state index >= 15 is 0 Å². The molecule has 0 aromatic carbocycles. The topological polar surface area (TPSA) is 31.4 Å². The van der Waals surface area contributed by atoms with Crippen molar-refractivity contribution in [1.82, 2.24) is 4.98 Å². The summed E-state index contributed by atoms with van der Waals surface area (Å²) in [5.41, 5.74) is 0. The first kappa shape index (κ1) is 9.05. The second-order valence-corrected chi connectivity index (χ2v) is 4.00. The van der Waals surface area contributed by atoms with Gasteiger partial charge in [-0.2, -0.15) is 0 Å². The Morgan fingerprint density at radius 3 is 2.92 bits per heavy atom. The third kappa shape index (κ3) is 2.24. The van der Waals surface area contributed by atoms with E-state index in [1.54, 1.807) is 13.3 Å². The number of methoxy groups -OCH3 is 1. The van der Waals surface area contributed by atoms with Gasteiger partial charge >= 0.3 is 0 Å². The summed E-state index contributed by atoms with van der Waals surface area (Å²) in [6.45, 7) is 0. The van der Waals surface area contributed by atoms with Crippen LogP contribution in [0.15, 0.2) is 12.3 Å². The van der Waals surface area contributed by atoms with Gasteiger partial charge in [-0.05, 0) is 35.4 Å². The molecule has 1 aliphatic rings. The van der Waals surface area contributed by atoms with Crippen LogP contribution in [0.4, 0.5) is 0 Å². The van der Waals surface area contributed by atoms with Crippen LogP contribution in [-0.2, 0) is 0 Å². The van der Waals surface area contributed by atoms with Crippen LogP contribution < -0.4 is 9.47 Å². The number of aromatic nitrogens is 1. The molecule has 1 fully saturated rings. The fourth-order valence-electron chi connectivity index (χ4n) is 0.970. The Hall–Kier alpha value is -0.520. The number of nitrogens with zero attached hydrogens (tertiary/aromatic N) is 1. The third-order valence-electron chi connectivity index (χ3n) is 1.84. The van der Waals surface area contributed by atoms with Gasteiger partial charge in [-0.15, -0.1) is 0 Å². The first-order valence-corrected chi connectivity index (χ1v) is 5.23. The molecule has 0 atom stereocenters. The lowest BCUT2D eigenvalue weighted by Gasteiger charge is -2.07. The molecule has 0 radical (unpaired) electrons. The van der Waals surface area contributed by atoms with Crippen LogP contribution in [0, 0.1) is 3.70 Å². The average molecular weight is 291 g/mol. The minimum atomic E-state index is 0.405. The second kappa shape index (κ2) is 3.69. The van der Waals surface area contributed by atoms with Gasteiger partial charge < -0.3 is 9.47 Å². The zero-order valence-corrected chi connectivity index (χ0v) is 9.45. The Morgan fingerprint density at radius 1 is 1.54 bits per heavy atom. The maximum atomic E-state index is 5.65. The molecule has 13 heavy (non-hydrogen) atoms. The molecule has 0 spiro atoms. The summed E-state index contributed by atoms with van der Waals surface area (Å²) in [6, 6.07) is 1.88. The quantitative estimate of drug-likeness (QED) is 0.632. The van der Waals surface area contributed by atoms with E-state index < -0.39 is 0 Å². The van der Waals surface area contributed by atoms with Crippen LogP contribution in [0.5, 0.6) is 11.5 Å². The van der Waals surface area contributed by atoms with Gasteiger partial charge in [-0.25, -0.2) is 4.98 Å². The van der Waals surface area contributed by atoms with Gasteiger partial charge in [0.2, 0.25) is 0 Å². The highest BCUT2D eigenvalue weighted by Crippen LogP contribution is 2.31. The Labute approximate surface area is 90.6 Å². The number of rotatable bonds is 3. The molecule has 2 rings (SSSR count). The molecule has 1 aliphatic carbocycles. The molecule has 0 bridgehead atoms. The molecule has 0 saturated heterocycles. The van der Waals surface area contributed by atoms with Crippen molar-refractivity contribution in [2.45, 2.75) is 18.9 Å². The molecule has 4 heteroatoms. The van der Waals surface area contributed by atoms with Crippen LogP contribution in [0.25, 0.3) is 0 Å². The summed E-state index contributed by atoms with van der Waals surface area (Å²) in [5.74, 6) is 1.58. The normalized spacial score (nSPS) is 15.5. The van der Waals surface area contributed by atoms with Crippen molar-refractivity contribution in [3.8, 4) is 11.5 Å². The smallest absolute Gasteiger partial charge is 0.155 e. The molecule has 1 heterocycles. The average Bonchev–Trinajstić information content (AvgIpc) is 2.93. The maximum absolute atomic E-state index is 5.65. The Bertz CT molecular complexity index is 312. The third-order valence-corrected chi connectivity index (χ3v) is 2.65. The van der Waals surface area contributed by atoms with Crippen LogP contribution >= 0.6 is 22.6 Å². The Morgan fingerprint density at radius 2 is 2.31 bits per heavy atom. The van der Waals surface area contributed by atoms with Crippen LogP contribution in [-0.4, -0.2) is 18.2 Å². The molecular weight excluding hydrogens is 281 g/mol. The van der Waals surface area contributed by atoms with Crippen molar-refractivity contribution in [3.05, 3.63) is 16.0 Å². The Balaban J connectivity index is 2.19. The zero-order valence-electron chi connectivity index (χ0n) is 7.29. The molecule has 0 N–H and O–H groups in total. The molecular formula is C9H10INO2. The lowest BCUT2D eigenvalue weighted by Crippen LogP contribution is -1.99. The van der Waals surface area contributed by atoms with Gasteiger partial charge in [0.15, 0.2) is 5.75 Å².